The van der Waals surface area contributed by atoms with Gasteiger partial charge in [-0.25, -0.2) is 13.1 Å². The highest BCUT2D eigenvalue weighted by atomic mass is 32.2. The Kier molecular flexibility index (Phi) is 4.82. The number of hydrogen-bond donors (Lipinski definition) is 2. The molecular formula is C22H26N2O2S. The molecule has 2 N–H and O–H groups in total. The van der Waals surface area contributed by atoms with E-state index in [0.29, 0.717) is 17.4 Å². The molecule has 0 fully saturated rings. The summed E-state index contributed by atoms with van der Waals surface area (Å²) in [5.41, 5.74) is 4.65. The molecular weight excluding hydrogens is 356 g/mol. The molecule has 0 saturated heterocycles. The fourth-order valence-corrected chi connectivity index (χ4v) is 5.33. The quantitative estimate of drug-likeness (QED) is 0.748. The first-order valence-electron chi connectivity index (χ1n) is 9.63. The van der Waals surface area contributed by atoms with Crippen LogP contribution >= 0.6 is 0 Å². The third kappa shape index (κ3) is 3.42. The van der Waals surface area contributed by atoms with Crippen molar-refractivity contribution in [2.24, 2.45) is 5.92 Å². The van der Waals surface area contributed by atoms with Crippen molar-refractivity contribution < 1.29 is 8.42 Å². The minimum atomic E-state index is -3.46. The number of benzene rings is 2. The molecule has 2 aliphatic rings. The van der Waals surface area contributed by atoms with E-state index in [4.69, 9.17) is 0 Å². The highest BCUT2D eigenvalue weighted by Crippen LogP contribution is 2.50. The van der Waals surface area contributed by atoms with Gasteiger partial charge < -0.3 is 5.32 Å². The molecule has 1 aliphatic carbocycles. The summed E-state index contributed by atoms with van der Waals surface area (Å²) in [4.78, 5) is 0.351. The van der Waals surface area contributed by atoms with Gasteiger partial charge in [-0.1, -0.05) is 48.9 Å². The normalized spacial score (nSPS) is 23.6. The molecule has 4 nitrogen and oxygen atoms in total. The molecule has 0 radical (unpaired) electrons. The van der Waals surface area contributed by atoms with Crippen LogP contribution in [-0.2, 0) is 10.0 Å². The fourth-order valence-electron chi connectivity index (χ4n) is 4.16. The zero-order valence-electron chi connectivity index (χ0n) is 15.8. The number of rotatable bonds is 5. The second kappa shape index (κ2) is 7.13. The van der Waals surface area contributed by atoms with Gasteiger partial charge in [-0.3, -0.25) is 0 Å². The molecule has 3 unspecified atom stereocenters. The molecule has 0 aromatic heterocycles. The lowest BCUT2D eigenvalue weighted by atomic mass is 9.77. The summed E-state index contributed by atoms with van der Waals surface area (Å²) in [6.45, 7) is 4.51. The molecule has 2 aromatic rings. The summed E-state index contributed by atoms with van der Waals surface area (Å²) < 4.78 is 27.7. The predicted molar refractivity (Wildman–Crippen MR) is 109 cm³/mol. The van der Waals surface area contributed by atoms with Crippen molar-refractivity contribution in [3.63, 3.8) is 0 Å². The minimum absolute atomic E-state index is 0.235. The van der Waals surface area contributed by atoms with Crippen molar-refractivity contribution in [3.05, 3.63) is 71.3 Å². The summed E-state index contributed by atoms with van der Waals surface area (Å²) in [5, 5.41) is 3.67. The number of anilines is 1. The SMILES string of the molecule is CCCNS(=O)(=O)c1ccc2c(c1)C1C=CCC1C(c1ccc(C)cc1)N2. The van der Waals surface area contributed by atoms with E-state index in [0.717, 1.165) is 24.1 Å². The molecule has 1 aliphatic heterocycles. The van der Waals surface area contributed by atoms with Crippen molar-refractivity contribution in [2.45, 2.75) is 43.5 Å². The van der Waals surface area contributed by atoms with Crippen molar-refractivity contribution in [2.75, 3.05) is 11.9 Å². The number of sulfonamides is 1. The third-order valence-corrected chi connectivity index (χ3v) is 7.08. The molecule has 1 heterocycles. The Morgan fingerprint density at radius 2 is 1.93 bits per heavy atom. The lowest BCUT2D eigenvalue weighted by Gasteiger charge is -2.37. The molecule has 0 saturated carbocycles. The predicted octanol–water partition coefficient (Wildman–Crippen LogP) is 4.51. The molecule has 4 rings (SSSR count). The van der Waals surface area contributed by atoms with Crippen LogP contribution in [0.25, 0.3) is 0 Å². The van der Waals surface area contributed by atoms with Gasteiger partial charge in [-0.2, -0.15) is 0 Å². The van der Waals surface area contributed by atoms with E-state index < -0.39 is 10.0 Å². The highest BCUT2D eigenvalue weighted by molar-refractivity contribution is 7.89. The van der Waals surface area contributed by atoms with Gasteiger partial charge in [0.2, 0.25) is 10.0 Å². The van der Waals surface area contributed by atoms with E-state index in [1.54, 1.807) is 6.07 Å². The second-order valence-electron chi connectivity index (χ2n) is 7.53. The first-order chi connectivity index (χ1) is 13.0. The average molecular weight is 383 g/mol. The number of aryl methyl sites for hydroxylation is 1. The van der Waals surface area contributed by atoms with Gasteiger partial charge in [-0.05, 0) is 55.0 Å². The second-order valence-corrected chi connectivity index (χ2v) is 9.30. The van der Waals surface area contributed by atoms with E-state index in [9.17, 15) is 8.42 Å². The van der Waals surface area contributed by atoms with Gasteiger partial charge in [-0.15, -0.1) is 0 Å². The van der Waals surface area contributed by atoms with E-state index in [2.05, 4.69) is 53.4 Å². The molecule has 2 aromatic carbocycles. The lowest BCUT2D eigenvalue weighted by molar-refractivity contribution is 0.425. The van der Waals surface area contributed by atoms with Crippen LogP contribution in [0, 0.1) is 12.8 Å². The zero-order valence-corrected chi connectivity index (χ0v) is 16.6. The molecule has 5 heteroatoms. The average Bonchev–Trinajstić information content (AvgIpc) is 3.16. The monoisotopic (exact) mass is 382 g/mol. The number of hydrogen-bond acceptors (Lipinski definition) is 3. The minimum Gasteiger partial charge on any atom is -0.378 e. The fraction of sp³-hybridized carbons (Fsp3) is 0.364. The summed E-state index contributed by atoms with van der Waals surface area (Å²) >= 11 is 0. The topological polar surface area (TPSA) is 58.2 Å². The third-order valence-electron chi connectivity index (χ3n) is 5.62. The van der Waals surface area contributed by atoms with Crippen LogP contribution in [0.4, 0.5) is 5.69 Å². The first-order valence-corrected chi connectivity index (χ1v) is 11.1. The molecule has 0 amide bonds. The van der Waals surface area contributed by atoms with Gasteiger partial charge in [0.25, 0.3) is 0 Å². The summed E-state index contributed by atoms with van der Waals surface area (Å²) in [7, 11) is -3.46. The maximum absolute atomic E-state index is 12.5. The van der Waals surface area contributed by atoms with Crippen molar-refractivity contribution in [3.8, 4) is 0 Å². The van der Waals surface area contributed by atoms with E-state index >= 15 is 0 Å². The summed E-state index contributed by atoms with van der Waals surface area (Å²) in [6, 6.07) is 14.4. The lowest BCUT2D eigenvalue weighted by Crippen LogP contribution is -2.30. The van der Waals surface area contributed by atoms with Crippen LogP contribution in [0.3, 0.4) is 0 Å². The molecule has 3 atom stereocenters. The van der Waals surface area contributed by atoms with Crippen LogP contribution in [0.5, 0.6) is 0 Å². The molecule has 0 spiro atoms. The summed E-state index contributed by atoms with van der Waals surface area (Å²) in [6.07, 6.45) is 6.24. The van der Waals surface area contributed by atoms with Gasteiger partial charge in [0.05, 0.1) is 10.9 Å². The zero-order chi connectivity index (χ0) is 19.0. The Balaban J connectivity index is 1.70. The van der Waals surface area contributed by atoms with E-state index in [-0.39, 0.29) is 12.0 Å². The van der Waals surface area contributed by atoms with Gasteiger partial charge in [0.15, 0.2) is 0 Å². The molecule has 142 valence electrons. The Bertz CT molecular complexity index is 964. The van der Waals surface area contributed by atoms with Gasteiger partial charge in [0.1, 0.15) is 0 Å². The largest absolute Gasteiger partial charge is 0.378 e. The highest BCUT2D eigenvalue weighted by Gasteiger charge is 2.38. The van der Waals surface area contributed by atoms with Crippen molar-refractivity contribution in [1.82, 2.24) is 4.72 Å². The first kappa shape index (κ1) is 18.3. The van der Waals surface area contributed by atoms with Crippen LogP contribution in [0.2, 0.25) is 0 Å². The van der Waals surface area contributed by atoms with E-state index in [1.165, 1.54) is 11.1 Å². The standard InChI is InChI=1S/C22H26N2O2S/c1-3-13-23-27(25,26)17-11-12-21-20(14-17)18-5-4-6-19(18)22(24-21)16-9-7-15(2)8-10-16/h4-5,7-12,14,18-19,22-24H,3,6,13H2,1-2H3. The van der Waals surface area contributed by atoms with E-state index in [1.807, 2.05) is 19.1 Å². The van der Waals surface area contributed by atoms with Crippen molar-refractivity contribution in [1.29, 1.82) is 0 Å². The molecule has 27 heavy (non-hydrogen) atoms. The number of nitrogens with one attached hydrogen (secondary N) is 2. The number of allylic oxidation sites excluding steroid dienone is 2. The van der Waals surface area contributed by atoms with Crippen LogP contribution in [0.15, 0.2) is 59.5 Å². The summed E-state index contributed by atoms with van der Waals surface area (Å²) in [5.74, 6) is 0.649. The Hall–Kier alpha value is -2.11. The van der Waals surface area contributed by atoms with Crippen LogP contribution < -0.4 is 10.0 Å². The maximum Gasteiger partial charge on any atom is 0.240 e. The van der Waals surface area contributed by atoms with Crippen LogP contribution in [0.1, 0.15) is 48.4 Å². The van der Waals surface area contributed by atoms with Gasteiger partial charge >= 0.3 is 0 Å². The smallest absolute Gasteiger partial charge is 0.240 e. The van der Waals surface area contributed by atoms with Crippen LogP contribution in [-0.4, -0.2) is 15.0 Å². The van der Waals surface area contributed by atoms with Crippen molar-refractivity contribution >= 4 is 15.7 Å². The maximum atomic E-state index is 12.5. The van der Waals surface area contributed by atoms with Gasteiger partial charge in [0, 0.05) is 18.2 Å². The number of fused-ring (bicyclic) bond motifs is 3. The Morgan fingerprint density at radius 3 is 2.67 bits per heavy atom. The molecule has 0 bridgehead atoms. The Morgan fingerprint density at radius 1 is 1.15 bits per heavy atom. The Labute approximate surface area is 161 Å².